The minimum Gasteiger partial charge on any atom is -0.466 e. The lowest BCUT2D eigenvalue weighted by molar-refractivity contribution is -0.144. The van der Waals surface area contributed by atoms with Crippen LogP contribution in [-0.4, -0.2) is 48.7 Å². The number of nitrogens with one attached hydrogen (secondary N) is 2. The van der Waals surface area contributed by atoms with Gasteiger partial charge in [0.05, 0.1) is 12.7 Å². The third-order valence-electron chi connectivity index (χ3n) is 8.37. The van der Waals surface area contributed by atoms with E-state index in [1.165, 1.54) is 83.5 Å². The highest BCUT2D eigenvalue weighted by Crippen LogP contribution is 2.13. The van der Waals surface area contributed by atoms with E-state index < -0.39 is 6.10 Å². The third-order valence-corrected chi connectivity index (χ3v) is 8.37. The van der Waals surface area contributed by atoms with Crippen LogP contribution in [0.5, 0.6) is 0 Å². The van der Waals surface area contributed by atoms with E-state index in [0.29, 0.717) is 25.9 Å². The molecule has 0 rings (SSSR count). The molecule has 7 nitrogen and oxygen atoms in total. The fourth-order valence-electron chi connectivity index (χ4n) is 5.42. The molecule has 0 heterocycles. The summed E-state index contributed by atoms with van der Waals surface area (Å²) in [4.78, 5) is 35.8. The molecule has 0 aliphatic rings. The Kier molecular flexibility index (Phi) is 33.0. The smallest absolute Gasteiger partial charge is 0.305 e. The minimum absolute atomic E-state index is 0.0342. The first-order chi connectivity index (χ1) is 21.5. The van der Waals surface area contributed by atoms with Crippen molar-refractivity contribution in [2.24, 2.45) is 0 Å². The van der Waals surface area contributed by atoms with Crippen molar-refractivity contribution in [2.45, 2.75) is 200 Å². The fourth-order valence-corrected chi connectivity index (χ4v) is 5.42. The fraction of sp³-hybridized carbons (Fsp3) is 0.919. The molecule has 2 amide bonds. The van der Waals surface area contributed by atoms with Crippen molar-refractivity contribution in [1.82, 2.24) is 10.6 Å². The maximum absolute atomic E-state index is 12.0. The molecule has 260 valence electrons. The summed E-state index contributed by atoms with van der Waals surface area (Å²) in [5.41, 5.74) is 0. The summed E-state index contributed by atoms with van der Waals surface area (Å²) in [5, 5.41) is 15.5. The monoisotopic (exact) mass is 625 g/mol. The van der Waals surface area contributed by atoms with Crippen molar-refractivity contribution in [3.8, 4) is 0 Å². The molecule has 0 aromatic carbocycles. The lowest BCUT2D eigenvalue weighted by atomic mass is 10.0. The molecule has 0 aromatic rings. The van der Waals surface area contributed by atoms with Gasteiger partial charge >= 0.3 is 5.97 Å². The maximum atomic E-state index is 12.0. The normalized spacial score (nSPS) is 11.8. The van der Waals surface area contributed by atoms with Gasteiger partial charge in [0.1, 0.15) is 0 Å². The molecule has 7 heteroatoms. The Labute approximate surface area is 271 Å². The molecule has 0 spiro atoms. The number of unbranched alkanes of at least 4 members (excludes halogenated alkanes) is 22. The number of ether oxygens (including phenoxy) is 1. The van der Waals surface area contributed by atoms with Crippen LogP contribution in [0, 0.1) is 0 Å². The molecule has 0 radical (unpaired) electrons. The van der Waals surface area contributed by atoms with Crippen molar-refractivity contribution in [3.05, 3.63) is 0 Å². The Hall–Kier alpha value is -1.63. The highest BCUT2D eigenvalue weighted by atomic mass is 16.5. The number of hydrogen-bond donors (Lipinski definition) is 3. The van der Waals surface area contributed by atoms with Gasteiger partial charge in [-0.3, -0.25) is 14.4 Å². The van der Waals surface area contributed by atoms with Crippen LogP contribution in [-0.2, 0) is 19.1 Å². The first-order valence-electron chi connectivity index (χ1n) is 18.9. The zero-order chi connectivity index (χ0) is 32.4. The van der Waals surface area contributed by atoms with E-state index in [-0.39, 0.29) is 30.9 Å². The molecule has 1 unspecified atom stereocenters. The summed E-state index contributed by atoms with van der Waals surface area (Å²) < 4.78 is 5.39. The van der Waals surface area contributed by atoms with E-state index in [2.05, 4.69) is 24.5 Å². The average Bonchev–Trinajstić information content (AvgIpc) is 3.02. The van der Waals surface area contributed by atoms with Gasteiger partial charge in [-0.1, -0.05) is 149 Å². The van der Waals surface area contributed by atoms with Crippen LogP contribution < -0.4 is 10.6 Å². The molecule has 3 N–H and O–H groups in total. The molecular formula is C37H72N2O5. The third kappa shape index (κ3) is 33.3. The van der Waals surface area contributed by atoms with Gasteiger partial charge < -0.3 is 20.5 Å². The molecule has 0 bridgehead atoms. The lowest BCUT2D eigenvalue weighted by Crippen LogP contribution is -2.39. The zero-order valence-electron chi connectivity index (χ0n) is 29.1. The van der Waals surface area contributed by atoms with Crippen LogP contribution in [0.3, 0.4) is 0 Å². The number of amides is 2. The Morgan fingerprint density at radius 2 is 0.795 bits per heavy atom. The molecule has 0 aliphatic heterocycles. The molecule has 1 atom stereocenters. The highest BCUT2D eigenvalue weighted by molar-refractivity contribution is 5.76. The van der Waals surface area contributed by atoms with Crippen LogP contribution >= 0.6 is 0 Å². The second-order valence-electron chi connectivity index (χ2n) is 12.9. The van der Waals surface area contributed by atoms with Crippen LogP contribution in [0.2, 0.25) is 0 Å². The zero-order valence-corrected chi connectivity index (χ0v) is 29.1. The molecular weight excluding hydrogens is 552 g/mol. The van der Waals surface area contributed by atoms with E-state index in [1.807, 2.05) is 0 Å². The number of hydrogen-bond acceptors (Lipinski definition) is 5. The van der Waals surface area contributed by atoms with E-state index in [4.69, 9.17) is 4.74 Å². The van der Waals surface area contributed by atoms with Gasteiger partial charge in [-0.05, 0) is 25.7 Å². The average molecular weight is 625 g/mol. The van der Waals surface area contributed by atoms with Gasteiger partial charge in [-0.2, -0.15) is 0 Å². The standard InChI is InChI=1S/C37H72N2O5/c1-3-5-7-9-10-11-12-13-14-15-18-22-26-30-37(43)44-31-27-23-19-16-17-21-25-29-36(42)39-33-34(40)32-38-35(41)28-24-20-8-6-4-2/h34,40H,3-33H2,1-2H3,(H,38,41)(H,39,42). The lowest BCUT2D eigenvalue weighted by Gasteiger charge is -2.13. The second-order valence-corrected chi connectivity index (χ2v) is 12.9. The van der Waals surface area contributed by atoms with Crippen molar-refractivity contribution >= 4 is 17.8 Å². The number of esters is 1. The van der Waals surface area contributed by atoms with Gasteiger partial charge in [0.15, 0.2) is 0 Å². The van der Waals surface area contributed by atoms with Crippen molar-refractivity contribution in [1.29, 1.82) is 0 Å². The predicted molar refractivity (Wildman–Crippen MR) is 184 cm³/mol. The van der Waals surface area contributed by atoms with Crippen LogP contribution in [0.4, 0.5) is 0 Å². The second kappa shape index (κ2) is 34.2. The summed E-state index contributed by atoms with van der Waals surface area (Å²) in [6, 6.07) is 0. The summed E-state index contributed by atoms with van der Waals surface area (Å²) in [6.45, 7) is 5.31. The number of carbonyl (C=O) groups excluding carboxylic acids is 3. The van der Waals surface area contributed by atoms with Crippen LogP contribution in [0.1, 0.15) is 194 Å². The van der Waals surface area contributed by atoms with Gasteiger partial charge in [0, 0.05) is 32.4 Å². The Bertz CT molecular complexity index is 658. The topological polar surface area (TPSA) is 105 Å². The summed E-state index contributed by atoms with van der Waals surface area (Å²) >= 11 is 0. The first kappa shape index (κ1) is 42.4. The summed E-state index contributed by atoms with van der Waals surface area (Å²) in [5.74, 6) is -0.128. The van der Waals surface area contributed by atoms with Gasteiger partial charge in [0.25, 0.3) is 0 Å². The molecule has 0 aromatic heterocycles. The van der Waals surface area contributed by atoms with Gasteiger partial charge in [0.2, 0.25) is 11.8 Å². The van der Waals surface area contributed by atoms with Crippen LogP contribution in [0.15, 0.2) is 0 Å². The number of aliphatic hydroxyl groups is 1. The van der Waals surface area contributed by atoms with Crippen molar-refractivity contribution in [3.63, 3.8) is 0 Å². The molecule has 44 heavy (non-hydrogen) atoms. The molecule has 0 saturated heterocycles. The van der Waals surface area contributed by atoms with Gasteiger partial charge in [-0.15, -0.1) is 0 Å². The van der Waals surface area contributed by atoms with E-state index in [0.717, 1.165) is 77.0 Å². The van der Waals surface area contributed by atoms with Crippen LogP contribution in [0.25, 0.3) is 0 Å². The number of rotatable bonds is 34. The Morgan fingerprint density at radius 3 is 1.18 bits per heavy atom. The van der Waals surface area contributed by atoms with Crippen molar-refractivity contribution < 1.29 is 24.2 Å². The largest absolute Gasteiger partial charge is 0.466 e. The van der Waals surface area contributed by atoms with E-state index in [1.54, 1.807) is 0 Å². The molecule has 0 saturated carbocycles. The molecule has 0 fully saturated rings. The Morgan fingerprint density at radius 1 is 0.477 bits per heavy atom. The predicted octanol–water partition coefficient (Wildman–Crippen LogP) is 9.09. The Balaban J connectivity index is 3.38. The van der Waals surface area contributed by atoms with Gasteiger partial charge in [-0.25, -0.2) is 0 Å². The highest BCUT2D eigenvalue weighted by Gasteiger charge is 2.09. The molecule has 0 aliphatic carbocycles. The minimum atomic E-state index is -0.763. The number of aliphatic hydroxyl groups excluding tert-OH is 1. The quantitative estimate of drug-likeness (QED) is 0.0489. The number of carbonyl (C=O) groups is 3. The van der Waals surface area contributed by atoms with Crippen molar-refractivity contribution in [2.75, 3.05) is 19.7 Å². The summed E-state index contributed by atoms with van der Waals surface area (Å²) in [6.07, 6.45) is 30.5. The SMILES string of the molecule is CCCCCCCCCCCCCCCC(=O)OCCCCCCCCCC(=O)NCC(O)CNC(=O)CCCCCCC. The van der Waals surface area contributed by atoms with E-state index >= 15 is 0 Å². The first-order valence-corrected chi connectivity index (χ1v) is 18.9. The van der Waals surface area contributed by atoms with E-state index in [9.17, 15) is 19.5 Å². The summed E-state index contributed by atoms with van der Waals surface area (Å²) in [7, 11) is 0. The maximum Gasteiger partial charge on any atom is 0.305 e.